The second-order valence-corrected chi connectivity index (χ2v) is 6.85. The molecule has 0 saturated heterocycles. The van der Waals surface area contributed by atoms with Gasteiger partial charge in [0.1, 0.15) is 0 Å². The van der Waals surface area contributed by atoms with Crippen molar-refractivity contribution < 1.29 is 13.2 Å². The normalized spacial score (nSPS) is 13.7. The highest BCUT2D eigenvalue weighted by Crippen LogP contribution is 2.26. The highest BCUT2D eigenvalue weighted by Gasteiger charge is 2.28. The van der Waals surface area contributed by atoms with Crippen LogP contribution in [0.3, 0.4) is 0 Å². The molecule has 0 saturated carbocycles. The molecule has 1 atom stereocenters. The van der Waals surface area contributed by atoms with Gasteiger partial charge in [-0.25, -0.2) is 8.42 Å². The van der Waals surface area contributed by atoms with Crippen LogP contribution in [0.2, 0.25) is 0 Å². The molecule has 0 aliphatic heterocycles. The van der Waals surface area contributed by atoms with Gasteiger partial charge in [-0.05, 0) is 18.4 Å². The zero-order valence-corrected chi connectivity index (χ0v) is 13.4. The molecule has 114 valence electrons. The molecule has 0 aromatic heterocycles. The van der Waals surface area contributed by atoms with Crippen molar-refractivity contribution in [3.8, 4) is 0 Å². The lowest BCUT2D eigenvalue weighted by Crippen LogP contribution is -2.40. The van der Waals surface area contributed by atoms with E-state index in [1.54, 1.807) is 19.2 Å². The Kier molecular flexibility index (Phi) is 4.98. The van der Waals surface area contributed by atoms with E-state index in [1.807, 2.05) is 44.2 Å². The Hall–Kier alpha value is -1.43. The van der Waals surface area contributed by atoms with Gasteiger partial charge < -0.3 is 4.74 Å². The van der Waals surface area contributed by atoms with Gasteiger partial charge in [0.2, 0.25) is 10.0 Å². The van der Waals surface area contributed by atoms with E-state index >= 15 is 0 Å². The molecule has 0 fully saturated rings. The van der Waals surface area contributed by atoms with Crippen molar-refractivity contribution in [2.24, 2.45) is 0 Å². The predicted molar refractivity (Wildman–Crippen MR) is 84.9 cm³/mol. The van der Waals surface area contributed by atoms with Crippen LogP contribution in [0.4, 0.5) is 0 Å². The topological polar surface area (TPSA) is 46.6 Å². The van der Waals surface area contributed by atoms with Crippen molar-refractivity contribution in [2.75, 3.05) is 20.3 Å². The first-order valence-corrected chi connectivity index (χ1v) is 8.45. The van der Waals surface area contributed by atoms with Gasteiger partial charge in [0.05, 0.1) is 11.5 Å². The minimum absolute atomic E-state index is 0.205. The summed E-state index contributed by atoms with van der Waals surface area (Å²) in [5, 5.41) is 1.68. The van der Waals surface area contributed by atoms with E-state index in [-0.39, 0.29) is 6.04 Å². The molecule has 0 heterocycles. The van der Waals surface area contributed by atoms with Gasteiger partial charge in [0.25, 0.3) is 0 Å². The number of likely N-dealkylation sites (N-methyl/N-ethyl adjacent to an activating group) is 1. The van der Waals surface area contributed by atoms with Gasteiger partial charge in [0.15, 0.2) is 0 Å². The van der Waals surface area contributed by atoms with Gasteiger partial charge >= 0.3 is 0 Å². The summed E-state index contributed by atoms with van der Waals surface area (Å²) < 4.78 is 32.5. The highest BCUT2D eigenvalue weighted by atomic mass is 32.2. The van der Waals surface area contributed by atoms with Crippen LogP contribution < -0.4 is 0 Å². The summed E-state index contributed by atoms with van der Waals surface area (Å²) in [4.78, 5) is 0.352. The van der Waals surface area contributed by atoms with Crippen molar-refractivity contribution in [3.63, 3.8) is 0 Å². The Bertz CT molecular complexity index is 707. The van der Waals surface area contributed by atoms with E-state index in [2.05, 4.69) is 0 Å². The van der Waals surface area contributed by atoms with E-state index < -0.39 is 10.0 Å². The summed E-state index contributed by atoms with van der Waals surface area (Å²) in [7, 11) is -1.97. The van der Waals surface area contributed by atoms with E-state index in [9.17, 15) is 8.42 Å². The molecule has 0 spiro atoms. The van der Waals surface area contributed by atoms with Gasteiger partial charge in [-0.15, -0.1) is 0 Å². The van der Waals surface area contributed by atoms with Crippen molar-refractivity contribution in [1.29, 1.82) is 0 Å². The number of fused-ring (bicyclic) bond motifs is 1. The van der Waals surface area contributed by atoms with Crippen molar-refractivity contribution in [2.45, 2.75) is 24.8 Å². The smallest absolute Gasteiger partial charge is 0.244 e. The maximum atomic E-state index is 13.0. The van der Waals surface area contributed by atoms with Crippen molar-refractivity contribution >= 4 is 20.8 Å². The predicted octanol–water partition coefficient (Wildman–Crippen LogP) is 2.89. The third kappa shape index (κ3) is 3.10. The van der Waals surface area contributed by atoms with Gasteiger partial charge in [-0.3, -0.25) is 0 Å². The third-order valence-corrected chi connectivity index (χ3v) is 5.69. The number of nitrogens with zero attached hydrogens (tertiary/aromatic N) is 1. The zero-order valence-electron chi connectivity index (χ0n) is 12.6. The molecule has 1 unspecified atom stereocenters. The number of rotatable bonds is 6. The minimum Gasteiger partial charge on any atom is -0.383 e. The van der Waals surface area contributed by atoms with E-state index in [4.69, 9.17) is 4.74 Å². The molecule has 2 rings (SSSR count). The SMILES string of the molecule is CCN(C(C)COC)S(=O)(=O)c1cccc2ccccc12. The molecule has 2 aromatic carbocycles. The highest BCUT2D eigenvalue weighted by molar-refractivity contribution is 7.89. The van der Waals surface area contributed by atoms with E-state index in [0.717, 1.165) is 10.8 Å². The standard InChI is InChI=1S/C16H21NO3S/c1-4-17(13(2)12-20-3)21(18,19)16-11-7-9-14-8-5-6-10-15(14)16/h5-11,13H,4,12H2,1-3H3. The van der Waals surface area contributed by atoms with Gasteiger partial charge in [-0.1, -0.05) is 43.3 Å². The second-order valence-electron chi connectivity index (χ2n) is 4.99. The fourth-order valence-corrected chi connectivity index (χ4v) is 4.43. The van der Waals surface area contributed by atoms with Gasteiger partial charge in [0, 0.05) is 25.1 Å². The maximum Gasteiger partial charge on any atom is 0.244 e. The number of hydrogen-bond acceptors (Lipinski definition) is 3. The van der Waals surface area contributed by atoms with Crippen LogP contribution in [0.5, 0.6) is 0 Å². The Labute approximate surface area is 126 Å². The summed E-state index contributed by atoms with van der Waals surface area (Å²) in [6.07, 6.45) is 0. The number of sulfonamides is 1. The molecule has 0 amide bonds. The molecular formula is C16H21NO3S. The molecule has 5 heteroatoms. The fourth-order valence-electron chi connectivity index (χ4n) is 2.59. The van der Waals surface area contributed by atoms with Crippen molar-refractivity contribution in [1.82, 2.24) is 4.31 Å². The van der Waals surface area contributed by atoms with Crippen LogP contribution >= 0.6 is 0 Å². The van der Waals surface area contributed by atoms with Crippen LogP contribution in [-0.2, 0) is 14.8 Å². The van der Waals surface area contributed by atoms with Crippen LogP contribution in [0.1, 0.15) is 13.8 Å². The van der Waals surface area contributed by atoms with E-state index in [0.29, 0.717) is 18.0 Å². The fraction of sp³-hybridized carbons (Fsp3) is 0.375. The first-order valence-electron chi connectivity index (χ1n) is 7.01. The second kappa shape index (κ2) is 6.56. The van der Waals surface area contributed by atoms with Crippen LogP contribution in [0, 0.1) is 0 Å². The number of hydrogen-bond donors (Lipinski definition) is 0. The zero-order chi connectivity index (χ0) is 15.5. The minimum atomic E-state index is -3.55. The Morgan fingerprint density at radius 1 is 1.14 bits per heavy atom. The molecule has 4 nitrogen and oxygen atoms in total. The summed E-state index contributed by atoms with van der Waals surface area (Å²) in [5.74, 6) is 0. The van der Waals surface area contributed by atoms with Gasteiger partial charge in [-0.2, -0.15) is 4.31 Å². The largest absolute Gasteiger partial charge is 0.383 e. The average Bonchev–Trinajstić information content (AvgIpc) is 2.47. The molecule has 0 N–H and O–H groups in total. The first kappa shape index (κ1) is 15.9. The van der Waals surface area contributed by atoms with Crippen LogP contribution in [0.15, 0.2) is 47.4 Å². The molecule has 2 aromatic rings. The quantitative estimate of drug-likeness (QED) is 0.824. The molecule has 21 heavy (non-hydrogen) atoms. The third-order valence-electron chi connectivity index (χ3n) is 3.55. The summed E-state index contributed by atoms with van der Waals surface area (Å²) in [6.45, 7) is 4.48. The van der Waals surface area contributed by atoms with Crippen LogP contribution in [-0.4, -0.2) is 39.0 Å². The molecule has 0 aliphatic carbocycles. The monoisotopic (exact) mass is 307 g/mol. The van der Waals surface area contributed by atoms with Crippen LogP contribution in [0.25, 0.3) is 10.8 Å². The molecule has 0 bridgehead atoms. The molecule has 0 aliphatic rings. The lowest BCUT2D eigenvalue weighted by molar-refractivity contribution is 0.143. The lowest BCUT2D eigenvalue weighted by atomic mass is 10.1. The molecular weight excluding hydrogens is 286 g/mol. The molecule has 0 radical (unpaired) electrons. The number of benzene rings is 2. The first-order chi connectivity index (χ1) is 10.0. The Morgan fingerprint density at radius 2 is 1.81 bits per heavy atom. The Balaban J connectivity index is 2.55. The average molecular weight is 307 g/mol. The summed E-state index contributed by atoms with van der Waals surface area (Å²) in [6, 6.07) is 12.7. The number of methoxy groups -OCH3 is 1. The van der Waals surface area contributed by atoms with Crippen molar-refractivity contribution in [3.05, 3.63) is 42.5 Å². The number of ether oxygens (including phenoxy) is 1. The maximum absolute atomic E-state index is 13.0. The lowest BCUT2D eigenvalue weighted by Gasteiger charge is -2.27. The summed E-state index contributed by atoms with van der Waals surface area (Å²) in [5.41, 5.74) is 0. The van der Waals surface area contributed by atoms with E-state index in [1.165, 1.54) is 4.31 Å². The Morgan fingerprint density at radius 3 is 2.48 bits per heavy atom. The summed E-state index contributed by atoms with van der Waals surface area (Å²) >= 11 is 0.